The van der Waals surface area contributed by atoms with E-state index in [1.807, 2.05) is 30.3 Å². The molecule has 0 amide bonds. The third kappa shape index (κ3) is 3.84. The number of nitrogens with zero attached hydrogens (tertiary/aromatic N) is 4. The Labute approximate surface area is 141 Å². The van der Waals surface area contributed by atoms with Gasteiger partial charge in [-0.1, -0.05) is 18.2 Å². The molecule has 1 aliphatic rings. The molecule has 1 aliphatic heterocycles. The summed E-state index contributed by atoms with van der Waals surface area (Å²) in [4.78, 5) is 12.9. The molecule has 128 valence electrons. The number of hydrogen-bond acceptors (Lipinski definition) is 8. The van der Waals surface area contributed by atoms with Crippen LogP contribution in [0.15, 0.2) is 36.7 Å². The molecule has 1 aromatic heterocycles. The summed E-state index contributed by atoms with van der Waals surface area (Å²) in [7, 11) is 0. The van der Waals surface area contributed by atoms with E-state index in [0.717, 1.165) is 37.7 Å². The number of rotatable bonds is 6. The summed E-state index contributed by atoms with van der Waals surface area (Å²) in [5, 5.41) is 9.02. The van der Waals surface area contributed by atoms with Crippen molar-refractivity contribution >= 4 is 23.0 Å². The van der Waals surface area contributed by atoms with Crippen LogP contribution < -0.4 is 21.5 Å². The van der Waals surface area contributed by atoms with Crippen molar-refractivity contribution < 1.29 is 5.11 Å². The van der Waals surface area contributed by atoms with Crippen LogP contribution in [0, 0.1) is 0 Å². The number of nitrogens with one attached hydrogen (secondary N) is 2. The molecule has 0 bridgehead atoms. The second kappa shape index (κ2) is 7.80. The van der Waals surface area contributed by atoms with Gasteiger partial charge in [0.05, 0.1) is 12.3 Å². The standard InChI is InChI=1S/C16H23N7O/c17-14-15(21-20-13-4-2-1-3-5-13)18-12-19-16(14)23-8-6-22(7-9-23)10-11-24/h1-5,12,20,24H,6-11,17H2,(H,18,19,21). The lowest BCUT2D eigenvalue weighted by molar-refractivity contribution is 0.188. The van der Waals surface area contributed by atoms with Crippen LogP contribution in [0.5, 0.6) is 0 Å². The van der Waals surface area contributed by atoms with E-state index >= 15 is 0 Å². The highest BCUT2D eigenvalue weighted by molar-refractivity contribution is 5.75. The van der Waals surface area contributed by atoms with Crippen molar-refractivity contribution in [2.45, 2.75) is 0 Å². The number of nitrogens with two attached hydrogens (primary N) is 1. The molecule has 2 aromatic rings. The van der Waals surface area contributed by atoms with Gasteiger partial charge in [0.2, 0.25) is 0 Å². The van der Waals surface area contributed by atoms with Crippen molar-refractivity contribution in [2.24, 2.45) is 0 Å². The Morgan fingerprint density at radius 2 is 1.79 bits per heavy atom. The minimum atomic E-state index is 0.189. The minimum Gasteiger partial charge on any atom is -0.395 e. The number of anilines is 4. The van der Waals surface area contributed by atoms with E-state index in [1.165, 1.54) is 6.33 Å². The second-order valence-electron chi connectivity index (χ2n) is 5.63. The van der Waals surface area contributed by atoms with E-state index in [9.17, 15) is 0 Å². The van der Waals surface area contributed by atoms with Crippen LogP contribution in [-0.2, 0) is 0 Å². The molecular formula is C16H23N7O. The highest BCUT2D eigenvalue weighted by Gasteiger charge is 2.20. The molecule has 1 saturated heterocycles. The van der Waals surface area contributed by atoms with Gasteiger partial charge >= 0.3 is 0 Å². The lowest BCUT2D eigenvalue weighted by Crippen LogP contribution is -2.47. The van der Waals surface area contributed by atoms with Crippen LogP contribution in [0.1, 0.15) is 0 Å². The molecule has 8 nitrogen and oxygen atoms in total. The Morgan fingerprint density at radius 1 is 1.04 bits per heavy atom. The van der Waals surface area contributed by atoms with Crippen LogP contribution in [0.4, 0.5) is 23.0 Å². The second-order valence-corrected chi connectivity index (χ2v) is 5.63. The van der Waals surface area contributed by atoms with Gasteiger partial charge in [-0.25, -0.2) is 9.97 Å². The fourth-order valence-electron chi connectivity index (χ4n) is 2.72. The molecule has 0 atom stereocenters. The van der Waals surface area contributed by atoms with Gasteiger partial charge < -0.3 is 15.7 Å². The van der Waals surface area contributed by atoms with Crippen molar-refractivity contribution in [1.29, 1.82) is 0 Å². The average Bonchev–Trinajstić information content (AvgIpc) is 2.63. The van der Waals surface area contributed by atoms with Crippen molar-refractivity contribution in [2.75, 3.05) is 60.8 Å². The van der Waals surface area contributed by atoms with Crippen LogP contribution in [-0.4, -0.2) is 59.3 Å². The van der Waals surface area contributed by atoms with Crippen LogP contribution >= 0.6 is 0 Å². The van der Waals surface area contributed by atoms with Crippen LogP contribution in [0.25, 0.3) is 0 Å². The molecule has 2 heterocycles. The Hall–Kier alpha value is -2.58. The topological polar surface area (TPSA) is 103 Å². The fourth-order valence-corrected chi connectivity index (χ4v) is 2.72. The zero-order valence-electron chi connectivity index (χ0n) is 13.5. The van der Waals surface area contributed by atoms with Gasteiger partial charge in [-0.3, -0.25) is 15.8 Å². The number of hydrazine groups is 1. The quantitative estimate of drug-likeness (QED) is 0.572. The maximum Gasteiger partial charge on any atom is 0.173 e. The predicted molar refractivity (Wildman–Crippen MR) is 95.9 cm³/mol. The van der Waals surface area contributed by atoms with Crippen molar-refractivity contribution in [3.8, 4) is 0 Å². The van der Waals surface area contributed by atoms with Crippen molar-refractivity contribution in [3.63, 3.8) is 0 Å². The van der Waals surface area contributed by atoms with Crippen molar-refractivity contribution in [3.05, 3.63) is 36.7 Å². The van der Waals surface area contributed by atoms with E-state index in [1.54, 1.807) is 0 Å². The molecule has 1 fully saturated rings. The number of para-hydroxylation sites is 1. The first-order valence-electron chi connectivity index (χ1n) is 8.03. The first-order chi connectivity index (χ1) is 11.8. The van der Waals surface area contributed by atoms with Crippen LogP contribution in [0.2, 0.25) is 0 Å². The maximum absolute atomic E-state index is 9.02. The van der Waals surface area contributed by atoms with Gasteiger partial charge in [-0.05, 0) is 12.1 Å². The lowest BCUT2D eigenvalue weighted by atomic mass is 10.3. The number of hydrogen-bond donors (Lipinski definition) is 4. The average molecular weight is 329 g/mol. The van der Waals surface area contributed by atoms with E-state index in [2.05, 4.69) is 30.6 Å². The number of benzene rings is 1. The molecule has 3 rings (SSSR count). The molecule has 0 radical (unpaired) electrons. The first-order valence-corrected chi connectivity index (χ1v) is 8.03. The number of piperazine rings is 1. The lowest BCUT2D eigenvalue weighted by Gasteiger charge is -2.35. The number of aromatic nitrogens is 2. The zero-order chi connectivity index (χ0) is 16.8. The molecule has 5 N–H and O–H groups in total. The van der Waals surface area contributed by atoms with Crippen LogP contribution in [0.3, 0.4) is 0 Å². The van der Waals surface area contributed by atoms with E-state index in [0.29, 0.717) is 18.1 Å². The summed E-state index contributed by atoms with van der Waals surface area (Å²) < 4.78 is 0. The summed E-state index contributed by atoms with van der Waals surface area (Å²) in [6.45, 7) is 4.32. The Morgan fingerprint density at radius 3 is 2.50 bits per heavy atom. The van der Waals surface area contributed by atoms with Gasteiger partial charge in [-0.2, -0.15) is 0 Å². The van der Waals surface area contributed by atoms with Gasteiger partial charge in [0.25, 0.3) is 0 Å². The smallest absolute Gasteiger partial charge is 0.173 e. The number of nitrogen functional groups attached to an aromatic ring is 1. The van der Waals surface area contributed by atoms with E-state index in [4.69, 9.17) is 10.8 Å². The van der Waals surface area contributed by atoms with Crippen molar-refractivity contribution in [1.82, 2.24) is 14.9 Å². The Kier molecular flexibility index (Phi) is 5.29. The zero-order valence-corrected chi connectivity index (χ0v) is 13.5. The molecule has 24 heavy (non-hydrogen) atoms. The molecule has 8 heteroatoms. The number of aliphatic hydroxyl groups is 1. The Bertz CT molecular complexity index is 644. The summed E-state index contributed by atoms with van der Waals surface area (Å²) in [5.41, 5.74) is 13.8. The largest absolute Gasteiger partial charge is 0.395 e. The molecule has 0 saturated carbocycles. The maximum atomic E-state index is 9.02. The molecular weight excluding hydrogens is 306 g/mol. The van der Waals surface area contributed by atoms with E-state index < -0.39 is 0 Å². The fraction of sp³-hybridized carbons (Fsp3) is 0.375. The van der Waals surface area contributed by atoms with Gasteiger partial charge in [0.15, 0.2) is 11.6 Å². The monoisotopic (exact) mass is 329 g/mol. The number of β-amino-alcohol motifs (C(OH)–C–C–N with tert-alkyl or cyclic N) is 1. The molecule has 1 aromatic carbocycles. The third-order valence-electron chi connectivity index (χ3n) is 4.05. The SMILES string of the molecule is Nc1c(NNc2ccccc2)ncnc1N1CCN(CCO)CC1. The molecule has 0 aliphatic carbocycles. The highest BCUT2D eigenvalue weighted by Crippen LogP contribution is 2.26. The first kappa shape index (κ1) is 16.3. The Balaban J connectivity index is 1.65. The van der Waals surface area contributed by atoms with Gasteiger partial charge in [0, 0.05) is 32.7 Å². The summed E-state index contributed by atoms with van der Waals surface area (Å²) in [6, 6.07) is 9.76. The highest BCUT2D eigenvalue weighted by atomic mass is 16.3. The summed E-state index contributed by atoms with van der Waals surface area (Å²) in [6.07, 6.45) is 1.51. The number of aliphatic hydroxyl groups excluding tert-OH is 1. The summed E-state index contributed by atoms with van der Waals surface area (Å²) in [5.74, 6) is 1.30. The predicted octanol–water partition coefficient (Wildman–Crippen LogP) is 0.612. The van der Waals surface area contributed by atoms with Gasteiger partial charge in [0.1, 0.15) is 12.0 Å². The van der Waals surface area contributed by atoms with Gasteiger partial charge in [-0.15, -0.1) is 0 Å². The minimum absolute atomic E-state index is 0.189. The van der Waals surface area contributed by atoms with E-state index in [-0.39, 0.29) is 6.61 Å². The molecule has 0 spiro atoms. The summed E-state index contributed by atoms with van der Waals surface area (Å²) >= 11 is 0. The molecule has 0 unspecified atom stereocenters. The normalized spacial score (nSPS) is 15.3. The third-order valence-corrected chi connectivity index (χ3v) is 4.05.